The van der Waals surface area contributed by atoms with Gasteiger partial charge in [-0.3, -0.25) is 9.69 Å². The predicted octanol–water partition coefficient (Wildman–Crippen LogP) is 2.25. The van der Waals surface area contributed by atoms with Crippen LogP contribution in [0.5, 0.6) is 11.5 Å². The molecular weight excluding hydrogens is 270 g/mol. The average Bonchev–Trinajstić information content (AvgIpc) is 2.46. The summed E-state index contributed by atoms with van der Waals surface area (Å²) in [7, 11) is 3.28. The Hall–Kier alpha value is -1.75. The number of ether oxygens (including phenoxy) is 2. The largest absolute Gasteiger partial charge is 0.497 e. The number of benzene rings is 1. The van der Waals surface area contributed by atoms with E-state index >= 15 is 0 Å². The van der Waals surface area contributed by atoms with E-state index < -0.39 is 5.97 Å². The monoisotopic (exact) mass is 293 g/mol. The molecule has 21 heavy (non-hydrogen) atoms. The summed E-state index contributed by atoms with van der Waals surface area (Å²) >= 11 is 0. The average molecular weight is 293 g/mol. The molecule has 0 spiro atoms. The number of carbonyl (C=O) groups is 1. The molecule has 1 heterocycles. The van der Waals surface area contributed by atoms with E-state index in [0.29, 0.717) is 19.0 Å². The Balaban J connectivity index is 2.14. The Morgan fingerprint density at radius 3 is 2.71 bits per heavy atom. The summed E-state index contributed by atoms with van der Waals surface area (Å²) in [6, 6.07) is 5.70. The van der Waals surface area contributed by atoms with Gasteiger partial charge in [-0.25, -0.2) is 0 Å². The van der Waals surface area contributed by atoms with Crippen LogP contribution < -0.4 is 9.47 Å². The predicted molar refractivity (Wildman–Crippen MR) is 79.7 cm³/mol. The number of nitrogens with zero attached hydrogens (tertiary/aromatic N) is 1. The maximum absolute atomic E-state index is 11.3. The van der Waals surface area contributed by atoms with Gasteiger partial charge in [-0.1, -0.05) is 6.92 Å². The first-order valence-electron chi connectivity index (χ1n) is 7.19. The highest BCUT2D eigenvalue weighted by atomic mass is 16.5. The maximum Gasteiger partial charge on any atom is 0.307 e. The van der Waals surface area contributed by atoms with Crippen molar-refractivity contribution >= 4 is 5.97 Å². The van der Waals surface area contributed by atoms with Gasteiger partial charge in [0.1, 0.15) is 11.5 Å². The SMILES string of the molecule is COc1ccc(OC)c(CN2CC(C)CC(C(=O)O)C2)c1. The zero-order valence-corrected chi connectivity index (χ0v) is 12.8. The van der Waals surface area contributed by atoms with E-state index in [1.54, 1.807) is 14.2 Å². The summed E-state index contributed by atoms with van der Waals surface area (Å²) in [5.74, 6) is 0.984. The third-order valence-corrected chi connectivity index (χ3v) is 3.97. The highest BCUT2D eigenvalue weighted by Crippen LogP contribution is 2.28. The smallest absolute Gasteiger partial charge is 0.307 e. The molecule has 1 fully saturated rings. The molecular formula is C16H23NO4. The number of carboxylic acids is 1. The normalized spacial score (nSPS) is 22.8. The van der Waals surface area contributed by atoms with Crippen molar-refractivity contribution in [3.63, 3.8) is 0 Å². The molecule has 1 aliphatic rings. The molecule has 0 aromatic heterocycles. The van der Waals surface area contributed by atoms with Crippen LogP contribution >= 0.6 is 0 Å². The molecule has 5 heteroatoms. The van der Waals surface area contributed by atoms with E-state index in [0.717, 1.165) is 30.0 Å². The molecule has 0 radical (unpaired) electrons. The van der Waals surface area contributed by atoms with Crippen molar-refractivity contribution in [2.45, 2.75) is 19.9 Å². The number of hydrogen-bond acceptors (Lipinski definition) is 4. The van der Waals surface area contributed by atoms with Crippen LogP contribution in [0.2, 0.25) is 0 Å². The zero-order valence-electron chi connectivity index (χ0n) is 12.8. The molecule has 1 aliphatic heterocycles. The number of carboxylic acid groups (broad SMARTS) is 1. The minimum absolute atomic E-state index is 0.287. The van der Waals surface area contributed by atoms with Crippen molar-refractivity contribution in [1.82, 2.24) is 4.90 Å². The van der Waals surface area contributed by atoms with Gasteiger partial charge in [-0.05, 0) is 30.5 Å². The van der Waals surface area contributed by atoms with Crippen molar-refractivity contribution < 1.29 is 19.4 Å². The first-order valence-corrected chi connectivity index (χ1v) is 7.19. The Labute approximate surface area is 125 Å². The van der Waals surface area contributed by atoms with Crippen LogP contribution in [0.4, 0.5) is 0 Å². The van der Waals surface area contributed by atoms with Crippen LogP contribution in [0.1, 0.15) is 18.9 Å². The fourth-order valence-corrected chi connectivity index (χ4v) is 3.02. The van der Waals surface area contributed by atoms with Gasteiger partial charge >= 0.3 is 5.97 Å². The fraction of sp³-hybridized carbons (Fsp3) is 0.562. The Morgan fingerprint density at radius 1 is 1.33 bits per heavy atom. The van der Waals surface area contributed by atoms with E-state index in [-0.39, 0.29) is 5.92 Å². The molecule has 5 nitrogen and oxygen atoms in total. The Morgan fingerprint density at radius 2 is 2.10 bits per heavy atom. The van der Waals surface area contributed by atoms with E-state index in [9.17, 15) is 9.90 Å². The van der Waals surface area contributed by atoms with Crippen molar-refractivity contribution in [2.75, 3.05) is 27.3 Å². The van der Waals surface area contributed by atoms with Gasteiger partial charge in [0.25, 0.3) is 0 Å². The van der Waals surface area contributed by atoms with Gasteiger partial charge in [-0.2, -0.15) is 0 Å². The molecule has 2 unspecified atom stereocenters. The molecule has 0 aliphatic carbocycles. The van der Waals surface area contributed by atoms with Crippen LogP contribution in [0, 0.1) is 11.8 Å². The van der Waals surface area contributed by atoms with E-state index in [1.165, 1.54) is 0 Å². The highest BCUT2D eigenvalue weighted by Gasteiger charge is 2.29. The number of piperidine rings is 1. The quantitative estimate of drug-likeness (QED) is 0.902. The van der Waals surface area contributed by atoms with Gasteiger partial charge < -0.3 is 14.6 Å². The van der Waals surface area contributed by atoms with E-state index in [1.807, 2.05) is 18.2 Å². The lowest BCUT2D eigenvalue weighted by atomic mass is 9.90. The van der Waals surface area contributed by atoms with Gasteiger partial charge in [0, 0.05) is 25.2 Å². The molecule has 116 valence electrons. The summed E-state index contributed by atoms with van der Waals surface area (Å²) in [6.07, 6.45) is 0.751. The van der Waals surface area contributed by atoms with E-state index in [2.05, 4.69) is 11.8 Å². The van der Waals surface area contributed by atoms with Crippen LogP contribution in [-0.4, -0.2) is 43.3 Å². The second kappa shape index (κ2) is 6.80. The minimum atomic E-state index is -0.704. The van der Waals surface area contributed by atoms with Gasteiger partial charge in [-0.15, -0.1) is 0 Å². The lowest BCUT2D eigenvalue weighted by molar-refractivity contribution is -0.144. The van der Waals surface area contributed by atoms with Gasteiger partial charge in [0.05, 0.1) is 20.1 Å². The molecule has 2 atom stereocenters. The third kappa shape index (κ3) is 3.88. The van der Waals surface area contributed by atoms with Crippen LogP contribution in [0.25, 0.3) is 0 Å². The standard InChI is InChI=1S/C16H23NO4/c1-11-6-13(16(18)19)10-17(8-11)9-12-7-14(20-2)4-5-15(12)21-3/h4-5,7,11,13H,6,8-10H2,1-3H3,(H,18,19). The molecule has 0 saturated carbocycles. The number of rotatable bonds is 5. The molecule has 1 N–H and O–H groups in total. The minimum Gasteiger partial charge on any atom is -0.497 e. The van der Waals surface area contributed by atoms with Crippen molar-refractivity contribution in [3.05, 3.63) is 23.8 Å². The summed E-state index contributed by atoms with van der Waals surface area (Å²) in [6.45, 7) is 4.27. The Kier molecular flexibility index (Phi) is 5.07. The topological polar surface area (TPSA) is 59.0 Å². The maximum atomic E-state index is 11.3. The third-order valence-electron chi connectivity index (χ3n) is 3.97. The van der Waals surface area contributed by atoms with Crippen molar-refractivity contribution in [2.24, 2.45) is 11.8 Å². The highest BCUT2D eigenvalue weighted by molar-refractivity contribution is 5.70. The summed E-state index contributed by atoms with van der Waals surface area (Å²) in [4.78, 5) is 13.4. The molecule has 1 aromatic rings. The summed E-state index contributed by atoms with van der Waals surface area (Å²) < 4.78 is 10.6. The number of hydrogen-bond donors (Lipinski definition) is 1. The van der Waals surface area contributed by atoms with Crippen LogP contribution in [0.3, 0.4) is 0 Å². The lowest BCUT2D eigenvalue weighted by Gasteiger charge is -2.34. The molecule has 1 saturated heterocycles. The number of aliphatic carboxylic acids is 1. The van der Waals surface area contributed by atoms with Crippen LogP contribution in [-0.2, 0) is 11.3 Å². The van der Waals surface area contributed by atoms with Gasteiger partial charge in [0.2, 0.25) is 0 Å². The number of likely N-dealkylation sites (tertiary alicyclic amines) is 1. The van der Waals surface area contributed by atoms with Crippen molar-refractivity contribution in [1.29, 1.82) is 0 Å². The molecule has 0 bridgehead atoms. The van der Waals surface area contributed by atoms with E-state index in [4.69, 9.17) is 9.47 Å². The first-order chi connectivity index (χ1) is 10.0. The van der Waals surface area contributed by atoms with Gasteiger partial charge in [0.15, 0.2) is 0 Å². The summed E-state index contributed by atoms with van der Waals surface area (Å²) in [5, 5.41) is 9.25. The second-order valence-corrected chi connectivity index (χ2v) is 5.75. The summed E-state index contributed by atoms with van der Waals surface area (Å²) in [5.41, 5.74) is 1.02. The first kappa shape index (κ1) is 15.6. The number of methoxy groups -OCH3 is 2. The molecule has 2 rings (SSSR count). The lowest BCUT2D eigenvalue weighted by Crippen LogP contribution is -2.42. The second-order valence-electron chi connectivity index (χ2n) is 5.75. The van der Waals surface area contributed by atoms with Crippen molar-refractivity contribution in [3.8, 4) is 11.5 Å². The Bertz CT molecular complexity index is 503. The molecule has 0 amide bonds. The van der Waals surface area contributed by atoms with Crippen LogP contribution in [0.15, 0.2) is 18.2 Å². The zero-order chi connectivity index (χ0) is 15.4. The fourth-order valence-electron chi connectivity index (χ4n) is 3.02. The molecule has 1 aromatic carbocycles.